The van der Waals surface area contributed by atoms with Crippen molar-refractivity contribution in [2.75, 3.05) is 18.9 Å². The molecule has 7 heteroatoms. The predicted octanol–water partition coefficient (Wildman–Crippen LogP) is 5.34. The molecule has 2 aromatic carbocycles. The predicted molar refractivity (Wildman–Crippen MR) is 113 cm³/mol. The van der Waals surface area contributed by atoms with E-state index in [0.29, 0.717) is 28.7 Å². The Balaban J connectivity index is 1.61. The Kier molecular flexibility index (Phi) is 6.47. The molecule has 3 rings (SSSR count). The van der Waals surface area contributed by atoms with Crippen molar-refractivity contribution in [2.24, 2.45) is 0 Å². The lowest BCUT2D eigenvalue weighted by molar-refractivity contribution is -0.128. The highest BCUT2D eigenvalue weighted by Crippen LogP contribution is 2.29. The van der Waals surface area contributed by atoms with E-state index < -0.39 is 0 Å². The molecule has 0 aliphatic carbocycles. The second kappa shape index (κ2) is 8.84. The fraction of sp³-hybridized carbons (Fsp3) is 0.333. The third-order valence-corrected chi connectivity index (χ3v) is 5.63. The average Bonchev–Trinajstić information content (AvgIpc) is 3.07. The monoisotopic (exact) mass is 419 g/mol. The number of halogens is 2. The lowest BCUT2D eigenvalue weighted by atomic mass is 10.1. The highest BCUT2D eigenvalue weighted by atomic mass is 35.5. The number of amides is 3. The van der Waals surface area contributed by atoms with Crippen molar-refractivity contribution in [2.45, 2.75) is 32.4 Å². The van der Waals surface area contributed by atoms with Crippen LogP contribution in [0.3, 0.4) is 0 Å². The second-order valence-corrected chi connectivity index (χ2v) is 7.84. The van der Waals surface area contributed by atoms with Crippen LogP contribution in [-0.4, -0.2) is 35.3 Å². The summed E-state index contributed by atoms with van der Waals surface area (Å²) in [6.07, 6.45) is 1.56. The molecule has 1 atom stereocenters. The van der Waals surface area contributed by atoms with Gasteiger partial charge in [0.15, 0.2) is 0 Å². The topological polar surface area (TPSA) is 52.7 Å². The maximum Gasteiger partial charge on any atom is 0.322 e. The Morgan fingerprint density at radius 2 is 1.93 bits per heavy atom. The highest BCUT2D eigenvalue weighted by molar-refractivity contribution is 6.35. The van der Waals surface area contributed by atoms with Gasteiger partial charge in [-0.15, -0.1) is 0 Å². The standard InChI is InChI=1S/C21H23Cl2N3O2/c1-14(18-10-7-16(22)12-19(18)23)25(2)21(28)24-17-8-5-15(6-9-17)13-26-11-3-4-20(26)27/h5-10,12,14H,3-4,11,13H2,1-2H3,(H,24,28). The lowest BCUT2D eigenvalue weighted by Gasteiger charge is -2.26. The summed E-state index contributed by atoms with van der Waals surface area (Å²) in [5.74, 6) is 0.203. The first-order valence-electron chi connectivity index (χ1n) is 9.20. The Morgan fingerprint density at radius 3 is 2.54 bits per heavy atom. The van der Waals surface area contributed by atoms with Gasteiger partial charge < -0.3 is 15.1 Å². The quantitative estimate of drug-likeness (QED) is 0.710. The summed E-state index contributed by atoms with van der Waals surface area (Å²) in [5, 5.41) is 3.98. The molecule has 28 heavy (non-hydrogen) atoms. The average molecular weight is 420 g/mol. The van der Waals surface area contributed by atoms with Crippen LogP contribution in [0.25, 0.3) is 0 Å². The zero-order valence-electron chi connectivity index (χ0n) is 15.9. The number of likely N-dealkylation sites (tertiary alicyclic amines) is 1. The largest absolute Gasteiger partial charge is 0.338 e. The van der Waals surface area contributed by atoms with Gasteiger partial charge in [-0.3, -0.25) is 4.79 Å². The first-order valence-corrected chi connectivity index (χ1v) is 9.96. The minimum absolute atomic E-state index is 0.203. The minimum Gasteiger partial charge on any atom is -0.338 e. The van der Waals surface area contributed by atoms with Crippen LogP contribution in [0.15, 0.2) is 42.5 Å². The van der Waals surface area contributed by atoms with Gasteiger partial charge in [0.2, 0.25) is 5.91 Å². The van der Waals surface area contributed by atoms with Gasteiger partial charge in [-0.25, -0.2) is 4.79 Å². The van der Waals surface area contributed by atoms with Crippen LogP contribution in [0.4, 0.5) is 10.5 Å². The van der Waals surface area contributed by atoms with Crippen LogP contribution in [0.2, 0.25) is 10.0 Å². The summed E-state index contributed by atoms with van der Waals surface area (Å²) in [6, 6.07) is 12.4. The fourth-order valence-corrected chi connectivity index (χ4v) is 3.79. The Bertz CT molecular complexity index is 870. The summed E-state index contributed by atoms with van der Waals surface area (Å²) in [4.78, 5) is 27.8. The van der Waals surface area contributed by atoms with Crippen molar-refractivity contribution in [1.82, 2.24) is 9.80 Å². The van der Waals surface area contributed by atoms with Crippen molar-refractivity contribution in [3.63, 3.8) is 0 Å². The van der Waals surface area contributed by atoms with Crippen molar-refractivity contribution in [3.8, 4) is 0 Å². The second-order valence-electron chi connectivity index (χ2n) is 7.00. The van der Waals surface area contributed by atoms with Crippen molar-refractivity contribution in [1.29, 1.82) is 0 Å². The van der Waals surface area contributed by atoms with Gasteiger partial charge in [-0.1, -0.05) is 41.4 Å². The Labute approximate surface area is 175 Å². The van der Waals surface area contributed by atoms with E-state index in [1.54, 1.807) is 24.1 Å². The van der Waals surface area contributed by atoms with Gasteiger partial charge in [-0.2, -0.15) is 0 Å². The van der Waals surface area contributed by atoms with E-state index >= 15 is 0 Å². The van der Waals surface area contributed by atoms with Crippen molar-refractivity contribution < 1.29 is 9.59 Å². The third kappa shape index (κ3) is 4.78. The van der Waals surface area contributed by atoms with Gasteiger partial charge in [-0.05, 0) is 48.7 Å². The smallest absolute Gasteiger partial charge is 0.322 e. The maximum absolute atomic E-state index is 12.6. The number of benzene rings is 2. The molecule has 2 aromatic rings. The number of rotatable bonds is 5. The third-order valence-electron chi connectivity index (χ3n) is 5.06. The van der Waals surface area contributed by atoms with Gasteiger partial charge in [0, 0.05) is 42.3 Å². The SMILES string of the molecule is CC(c1ccc(Cl)cc1Cl)N(C)C(=O)Nc1ccc(CN2CCCC2=O)cc1. The van der Waals surface area contributed by atoms with Crippen LogP contribution < -0.4 is 5.32 Å². The van der Waals surface area contributed by atoms with Crippen LogP contribution in [0, 0.1) is 0 Å². The van der Waals surface area contributed by atoms with Gasteiger partial charge in [0.05, 0.1) is 6.04 Å². The molecule has 5 nitrogen and oxygen atoms in total. The molecule has 1 fully saturated rings. The summed E-state index contributed by atoms with van der Waals surface area (Å²) in [5.41, 5.74) is 2.57. The van der Waals surface area contributed by atoms with Gasteiger partial charge in [0.25, 0.3) is 0 Å². The van der Waals surface area contributed by atoms with Crippen LogP contribution in [-0.2, 0) is 11.3 Å². The molecule has 0 bridgehead atoms. The van der Waals surface area contributed by atoms with Crippen molar-refractivity contribution >= 4 is 40.8 Å². The molecule has 0 saturated carbocycles. The van der Waals surface area contributed by atoms with E-state index in [1.165, 1.54) is 0 Å². The molecule has 3 amide bonds. The highest BCUT2D eigenvalue weighted by Gasteiger charge is 2.21. The van der Waals surface area contributed by atoms with Crippen LogP contribution in [0.1, 0.15) is 36.9 Å². The fourth-order valence-electron chi connectivity index (χ4n) is 3.22. The molecule has 148 valence electrons. The summed E-state index contributed by atoms with van der Waals surface area (Å²) < 4.78 is 0. The number of nitrogens with zero attached hydrogens (tertiary/aromatic N) is 2. The summed E-state index contributed by atoms with van der Waals surface area (Å²) >= 11 is 12.2. The van der Waals surface area contributed by atoms with E-state index in [0.717, 1.165) is 24.1 Å². The van der Waals surface area contributed by atoms with E-state index in [-0.39, 0.29) is 18.0 Å². The normalized spacial score (nSPS) is 14.9. The van der Waals surface area contributed by atoms with Gasteiger partial charge in [0.1, 0.15) is 0 Å². The maximum atomic E-state index is 12.6. The molecule has 1 aliphatic rings. The molecule has 1 N–H and O–H groups in total. The molecule has 1 unspecified atom stereocenters. The van der Waals surface area contributed by atoms with E-state index in [9.17, 15) is 9.59 Å². The minimum atomic E-state index is -0.235. The number of urea groups is 1. The zero-order chi connectivity index (χ0) is 20.3. The number of anilines is 1. The van der Waals surface area contributed by atoms with Gasteiger partial charge >= 0.3 is 6.03 Å². The number of carbonyl (C=O) groups excluding carboxylic acids is 2. The molecule has 0 aromatic heterocycles. The number of hydrogen-bond donors (Lipinski definition) is 1. The van der Waals surface area contributed by atoms with E-state index in [2.05, 4.69) is 5.32 Å². The zero-order valence-corrected chi connectivity index (χ0v) is 17.4. The number of nitrogens with one attached hydrogen (secondary N) is 1. The molecule has 0 spiro atoms. The molecule has 1 heterocycles. The first-order chi connectivity index (χ1) is 13.3. The number of hydrogen-bond acceptors (Lipinski definition) is 2. The van der Waals surface area contributed by atoms with Crippen molar-refractivity contribution in [3.05, 3.63) is 63.6 Å². The lowest BCUT2D eigenvalue weighted by Crippen LogP contribution is -2.33. The van der Waals surface area contributed by atoms with Crippen LogP contribution >= 0.6 is 23.2 Å². The first kappa shape index (κ1) is 20.5. The molecule has 1 saturated heterocycles. The Hall–Kier alpha value is -2.24. The molecular formula is C21H23Cl2N3O2. The molecule has 1 aliphatic heterocycles. The Morgan fingerprint density at radius 1 is 1.21 bits per heavy atom. The number of carbonyl (C=O) groups is 2. The van der Waals surface area contributed by atoms with Crippen LogP contribution in [0.5, 0.6) is 0 Å². The van der Waals surface area contributed by atoms with E-state index in [1.807, 2.05) is 42.2 Å². The summed E-state index contributed by atoms with van der Waals surface area (Å²) in [6.45, 7) is 3.33. The molecule has 0 radical (unpaired) electrons. The molecular weight excluding hydrogens is 397 g/mol. The van der Waals surface area contributed by atoms with E-state index in [4.69, 9.17) is 23.2 Å². The summed E-state index contributed by atoms with van der Waals surface area (Å²) in [7, 11) is 1.72.